The summed E-state index contributed by atoms with van der Waals surface area (Å²) in [6.45, 7) is 8.60. The quantitative estimate of drug-likeness (QED) is 0.632. The number of nitrogens with two attached hydrogens (primary N) is 1. The van der Waals surface area contributed by atoms with Crippen LogP contribution in [0.2, 0.25) is 0 Å². The first-order chi connectivity index (χ1) is 11.1. The Hall–Kier alpha value is -1.42. The van der Waals surface area contributed by atoms with Gasteiger partial charge in [0.2, 0.25) is 0 Å². The second kappa shape index (κ2) is 9.02. The van der Waals surface area contributed by atoms with Gasteiger partial charge in [-0.2, -0.15) is 0 Å². The van der Waals surface area contributed by atoms with E-state index in [1.54, 1.807) is 6.20 Å². The molecule has 0 spiro atoms. The number of likely N-dealkylation sites (tertiary alicyclic amines) is 1. The Labute approximate surface area is 141 Å². The lowest BCUT2D eigenvalue weighted by molar-refractivity contribution is 0.294. The maximum Gasteiger partial charge on any atom is 0.0401 e. The summed E-state index contributed by atoms with van der Waals surface area (Å²) in [4.78, 5) is 2.38. The average Bonchev–Trinajstić information content (AvgIpc) is 3.04. The maximum atomic E-state index is 5.64. The van der Waals surface area contributed by atoms with Crippen LogP contribution in [0.4, 0.5) is 0 Å². The molecular formula is C19H34N4. The number of nitrogens with one attached hydrogen (secondary N) is 2. The van der Waals surface area contributed by atoms with Crippen LogP contribution in [-0.2, 0) is 0 Å². The third-order valence-corrected chi connectivity index (χ3v) is 5.32. The van der Waals surface area contributed by atoms with Crippen molar-refractivity contribution in [3.05, 3.63) is 36.3 Å². The maximum absolute atomic E-state index is 5.64. The first-order valence-corrected chi connectivity index (χ1v) is 9.11. The Balaban J connectivity index is 1.93. The highest BCUT2D eigenvalue weighted by Crippen LogP contribution is 2.27. The van der Waals surface area contributed by atoms with E-state index in [-0.39, 0.29) is 0 Å². The third kappa shape index (κ3) is 5.31. The van der Waals surface area contributed by atoms with Crippen LogP contribution in [0.5, 0.6) is 0 Å². The number of nitrogens with zero attached hydrogens (tertiary/aromatic N) is 1. The molecule has 1 aliphatic heterocycles. The Morgan fingerprint density at radius 1 is 1.26 bits per heavy atom. The van der Waals surface area contributed by atoms with E-state index in [0.717, 1.165) is 30.4 Å². The van der Waals surface area contributed by atoms with Crippen LogP contribution in [0.15, 0.2) is 36.3 Å². The number of allylic oxidation sites excluding steroid dienone is 2. The lowest BCUT2D eigenvalue weighted by Crippen LogP contribution is -2.34. The zero-order valence-corrected chi connectivity index (χ0v) is 14.9. The number of hydrogen-bond acceptors (Lipinski definition) is 4. The second-order valence-electron chi connectivity index (χ2n) is 7.00. The molecule has 0 aromatic rings. The van der Waals surface area contributed by atoms with Gasteiger partial charge in [-0.15, -0.1) is 0 Å². The minimum Gasteiger partial charge on any atom is -0.405 e. The molecule has 0 unspecified atom stereocenters. The fraction of sp³-hybridized carbons (Fsp3) is 0.684. The van der Waals surface area contributed by atoms with Crippen LogP contribution >= 0.6 is 0 Å². The fourth-order valence-electron chi connectivity index (χ4n) is 3.84. The molecule has 23 heavy (non-hydrogen) atoms. The SMILES string of the molecule is C=C(/C=C(\C=C/N)N1CC[C@H](NC)C1)N[C@H](C)C1CCCCC1. The first-order valence-electron chi connectivity index (χ1n) is 9.11. The van der Waals surface area contributed by atoms with Gasteiger partial charge in [0.05, 0.1) is 0 Å². The van der Waals surface area contributed by atoms with Gasteiger partial charge in [-0.1, -0.05) is 25.8 Å². The molecule has 0 aromatic carbocycles. The van der Waals surface area contributed by atoms with Gasteiger partial charge >= 0.3 is 0 Å². The molecule has 1 saturated carbocycles. The average molecular weight is 319 g/mol. The van der Waals surface area contributed by atoms with E-state index < -0.39 is 0 Å². The standard InChI is InChI=1S/C19H34N4/c1-15(22-16(2)17-7-5-4-6-8-17)13-19(9-11-20)23-12-10-18(14-23)21-3/h9,11,13,16-18,21-22H,1,4-8,10,12,14,20H2,2-3H3/b11-9-,19-13+/t16-,18+/m1/s1. The smallest absolute Gasteiger partial charge is 0.0401 e. The number of hydrogen-bond donors (Lipinski definition) is 3. The molecule has 2 fully saturated rings. The van der Waals surface area contributed by atoms with Crippen molar-refractivity contribution in [2.24, 2.45) is 11.7 Å². The van der Waals surface area contributed by atoms with Crippen LogP contribution in [0.1, 0.15) is 45.4 Å². The summed E-state index contributed by atoms with van der Waals surface area (Å²) in [7, 11) is 2.03. The van der Waals surface area contributed by atoms with Gasteiger partial charge in [0.25, 0.3) is 0 Å². The van der Waals surface area contributed by atoms with Gasteiger partial charge in [0.1, 0.15) is 0 Å². The monoisotopic (exact) mass is 318 g/mol. The van der Waals surface area contributed by atoms with E-state index in [1.807, 2.05) is 13.1 Å². The van der Waals surface area contributed by atoms with Crippen molar-refractivity contribution in [2.45, 2.75) is 57.5 Å². The van der Waals surface area contributed by atoms with Gasteiger partial charge in [0, 0.05) is 36.6 Å². The molecule has 0 aromatic heterocycles. The van der Waals surface area contributed by atoms with Crippen molar-refractivity contribution < 1.29 is 0 Å². The zero-order valence-electron chi connectivity index (χ0n) is 14.9. The van der Waals surface area contributed by atoms with Gasteiger partial charge in [-0.3, -0.25) is 0 Å². The van der Waals surface area contributed by atoms with E-state index in [4.69, 9.17) is 5.73 Å². The van der Waals surface area contributed by atoms with E-state index in [1.165, 1.54) is 38.5 Å². The molecular weight excluding hydrogens is 284 g/mol. The minimum atomic E-state index is 0.491. The summed E-state index contributed by atoms with van der Waals surface area (Å²) in [5, 5.41) is 6.96. The highest BCUT2D eigenvalue weighted by molar-refractivity contribution is 5.28. The number of rotatable bonds is 7. The molecule has 2 atom stereocenters. The third-order valence-electron chi connectivity index (χ3n) is 5.32. The van der Waals surface area contributed by atoms with E-state index in [2.05, 4.69) is 35.1 Å². The summed E-state index contributed by atoms with van der Waals surface area (Å²) in [6.07, 6.45) is 13.8. The molecule has 4 heteroatoms. The van der Waals surface area contributed by atoms with Crippen molar-refractivity contribution in [3.63, 3.8) is 0 Å². The summed E-state index contributed by atoms with van der Waals surface area (Å²) < 4.78 is 0. The topological polar surface area (TPSA) is 53.3 Å². The van der Waals surface area contributed by atoms with Gasteiger partial charge < -0.3 is 21.3 Å². The highest BCUT2D eigenvalue weighted by atomic mass is 15.2. The highest BCUT2D eigenvalue weighted by Gasteiger charge is 2.22. The van der Waals surface area contributed by atoms with Crippen LogP contribution in [-0.4, -0.2) is 37.1 Å². The summed E-state index contributed by atoms with van der Waals surface area (Å²) >= 11 is 0. The van der Waals surface area contributed by atoms with E-state index in [0.29, 0.717) is 12.1 Å². The second-order valence-corrected chi connectivity index (χ2v) is 7.00. The Morgan fingerprint density at radius 3 is 2.61 bits per heavy atom. The molecule has 1 aliphatic carbocycles. The van der Waals surface area contributed by atoms with Crippen LogP contribution < -0.4 is 16.4 Å². The predicted octanol–water partition coefficient (Wildman–Crippen LogP) is 2.71. The predicted molar refractivity (Wildman–Crippen MR) is 98.8 cm³/mol. The van der Waals surface area contributed by atoms with Crippen molar-refractivity contribution in [3.8, 4) is 0 Å². The molecule has 0 bridgehead atoms. The molecule has 0 amide bonds. The van der Waals surface area contributed by atoms with Crippen molar-refractivity contribution in [2.75, 3.05) is 20.1 Å². The summed E-state index contributed by atoms with van der Waals surface area (Å²) in [5.74, 6) is 0.780. The minimum absolute atomic E-state index is 0.491. The summed E-state index contributed by atoms with van der Waals surface area (Å²) in [5.41, 5.74) is 7.79. The number of likely N-dealkylation sites (N-methyl/N-ethyl adjacent to an activating group) is 1. The van der Waals surface area contributed by atoms with Crippen LogP contribution in [0.3, 0.4) is 0 Å². The molecule has 130 valence electrons. The lowest BCUT2D eigenvalue weighted by Gasteiger charge is -2.29. The van der Waals surface area contributed by atoms with Gasteiger partial charge in [0.15, 0.2) is 0 Å². The fourth-order valence-corrected chi connectivity index (χ4v) is 3.84. The zero-order chi connectivity index (χ0) is 16.7. The van der Waals surface area contributed by atoms with Gasteiger partial charge in [-0.25, -0.2) is 0 Å². The van der Waals surface area contributed by atoms with Crippen molar-refractivity contribution >= 4 is 0 Å². The normalized spacial score (nSPS) is 25.0. The molecule has 4 nitrogen and oxygen atoms in total. The Kier molecular flexibility index (Phi) is 7.03. The molecule has 4 N–H and O–H groups in total. The summed E-state index contributed by atoms with van der Waals surface area (Å²) in [6, 6.07) is 1.05. The van der Waals surface area contributed by atoms with Crippen LogP contribution in [0, 0.1) is 5.92 Å². The molecule has 2 aliphatic rings. The van der Waals surface area contributed by atoms with E-state index in [9.17, 15) is 0 Å². The molecule has 1 heterocycles. The van der Waals surface area contributed by atoms with Crippen molar-refractivity contribution in [1.82, 2.24) is 15.5 Å². The van der Waals surface area contributed by atoms with Gasteiger partial charge in [-0.05, 0) is 57.5 Å². The molecule has 1 saturated heterocycles. The molecule has 2 rings (SSSR count). The van der Waals surface area contributed by atoms with Crippen LogP contribution in [0.25, 0.3) is 0 Å². The Morgan fingerprint density at radius 2 is 2.00 bits per heavy atom. The Bertz CT molecular complexity index is 435. The lowest BCUT2D eigenvalue weighted by atomic mass is 9.84. The van der Waals surface area contributed by atoms with Crippen molar-refractivity contribution in [1.29, 1.82) is 0 Å². The first kappa shape index (κ1) is 17.9. The van der Waals surface area contributed by atoms with E-state index >= 15 is 0 Å². The largest absolute Gasteiger partial charge is 0.405 e. The molecule has 0 radical (unpaired) electrons.